The summed E-state index contributed by atoms with van der Waals surface area (Å²) in [5, 5.41) is 19.9. The first kappa shape index (κ1) is 23.7. The van der Waals surface area contributed by atoms with Gasteiger partial charge in [0.2, 0.25) is 0 Å². The van der Waals surface area contributed by atoms with Crippen molar-refractivity contribution in [3.05, 3.63) is 101 Å². The number of aliphatic hydroxyl groups excluding tert-OH is 1. The molecular weight excluding hydrogens is 432 g/mol. The van der Waals surface area contributed by atoms with Crippen molar-refractivity contribution in [3.8, 4) is 5.75 Å². The molecule has 3 aliphatic rings. The lowest BCUT2D eigenvalue weighted by atomic mass is 9.85. The summed E-state index contributed by atoms with van der Waals surface area (Å²) in [6.45, 7) is 4.62. The molecule has 4 heteroatoms. The summed E-state index contributed by atoms with van der Waals surface area (Å²) in [6.07, 6.45) is 14.1. The molecule has 0 bridgehead atoms. The van der Waals surface area contributed by atoms with Crippen LogP contribution in [-0.2, 0) is 0 Å². The second-order valence-electron chi connectivity index (χ2n) is 9.74. The highest BCUT2D eigenvalue weighted by Crippen LogP contribution is 2.38. The van der Waals surface area contributed by atoms with E-state index in [0.29, 0.717) is 6.42 Å². The smallest absolute Gasteiger partial charge is 0.116 e. The van der Waals surface area contributed by atoms with Crippen LogP contribution in [0.4, 0.5) is 0 Å². The fourth-order valence-corrected chi connectivity index (χ4v) is 5.32. The monoisotopic (exact) mass is 468 g/mol. The van der Waals surface area contributed by atoms with E-state index < -0.39 is 0 Å². The maximum absolute atomic E-state index is 10.3. The lowest BCUT2D eigenvalue weighted by Gasteiger charge is -2.36. The fourth-order valence-electron chi connectivity index (χ4n) is 5.32. The molecule has 2 aromatic carbocycles. The SMILES string of the molecule is OCCC/C(=C(/C1=CC=C(N2CCN(C3CC3)CC2)C=CC1)c1cccc(O)c1)c1ccccc1. The van der Waals surface area contributed by atoms with Gasteiger partial charge >= 0.3 is 0 Å². The average Bonchev–Trinajstić information content (AvgIpc) is 3.75. The highest BCUT2D eigenvalue weighted by atomic mass is 16.3. The minimum atomic E-state index is 0.152. The van der Waals surface area contributed by atoms with E-state index in [1.165, 1.54) is 29.7 Å². The van der Waals surface area contributed by atoms with Crippen molar-refractivity contribution in [1.29, 1.82) is 0 Å². The van der Waals surface area contributed by atoms with Crippen molar-refractivity contribution in [3.63, 3.8) is 0 Å². The van der Waals surface area contributed by atoms with E-state index in [1.807, 2.05) is 18.2 Å². The van der Waals surface area contributed by atoms with Gasteiger partial charge in [0.1, 0.15) is 5.75 Å². The van der Waals surface area contributed by atoms with Gasteiger partial charge in [0.05, 0.1) is 0 Å². The van der Waals surface area contributed by atoms with Crippen molar-refractivity contribution in [2.24, 2.45) is 0 Å². The van der Waals surface area contributed by atoms with Crippen LogP contribution in [0.5, 0.6) is 5.75 Å². The van der Waals surface area contributed by atoms with Gasteiger partial charge in [-0.05, 0) is 84.2 Å². The highest BCUT2D eigenvalue weighted by Gasteiger charge is 2.31. The first-order valence-electron chi connectivity index (χ1n) is 13.0. The van der Waals surface area contributed by atoms with Crippen LogP contribution in [0.2, 0.25) is 0 Å². The molecule has 2 N–H and O–H groups in total. The van der Waals surface area contributed by atoms with Crippen LogP contribution in [0.25, 0.3) is 11.1 Å². The predicted molar refractivity (Wildman–Crippen MR) is 144 cm³/mol. The Labute approximate surface area is 209 Å². The number of aromatic hydroxyl groups is 1. The lowest BCUT2D eigenvalue weighted by Crippen LogP contribution is -2.46. The van der Waals surface area contributed by atoms with Crippen molar-refractivity contribution in [2.75, 3.05) is 32.8 Å². The van der Waals surface area contributed by atoms with Gasteiger partial charge in [0.15, 0.2) is 0 Å². The summed E-state index contributed by atoms with van der Waals surface area (Å²) >= 11 is 0. The third-order valence-electron chi connectivity index (χ3n) is 7.29. The van der Waals surface area contributed by atoms with Crippen molar-refractivity contribution >= 4 is 11.1 Å². The van der Waals surface area contributed by atoms with Crippen molar-refractivity contribution < 1.29 is 10.2 Å². The van der Waals surface area contributed by atoms with Gasteiger partial charge in [0.25, 0.3) is 0 Å². The molecule has 2 fully saturated rings. The van der Waals surface area contributed by atoms with Crippen molar-refractivity contribution in [1.82, 2.24) is 9.80 Å². The minimum Gasteiger partial charge on any atom is -0.508 e. The van der Waals surface area contributed by atoms with Crippen LogP contribution >= 0.6 is 0 Å². The zero-order chi connectivity index (χ0) is 24.0. The normalized spacial score (nSPS) is 19.6. The first-order chi connectivity index (χ1) is 17.2. The predicted octanol–water partition coefficient (Wildman–Crippen LogP) is 5.63. The van der Waals surface area contributed by atoms with Crippen LogP contribution in [0, 0.1) is 0 Å². The second-order valence-corrected chi connectivity index (χ2v) is 9.74. The molecule has 1 aliphatic heterocycles. The van der Waals surface area contributed by atoms with E-state index >= 15 is 0 Å². The van der Waals surface area contributed by atoms with Gasteiger partial charge in [-0.15, -0.1) is 0 Å². The summed E-state index contributed by atoms with van der Waals surface area (Å²) in [5.74, 6) is 0.268. The topological polar surface area (TPSA) is 46.9 Å². The van der Waals surface area contributed by atoms with Crippen molar-refractivity contribution in [2.45, 2.75) is 38.1 Å². The third-order valence-corrected chi connectivity index (χ3v) is 7.29. The molecule has 1 saturated heterocycles. The third kappa shape index (κ3) is 5.77. The minimum absolute atomic E-state index is 0.152. The van der Waals surface area contributed by atoms with E-state index in [2.05, 4.69) is 64.4 Å². The van der Waals surface area contributed by atoms with E-state index in [-0.39, 0.29) is 12.4 Å². The Kier molecular flexibility index (Phi) is 7.51. The number of nitrogens with zero attached hydrogens (tertiary/aromatic N) is 2. The van der Waals surface area contributed by atoms with E-state index in [1.54, 1.807) is 6.07 Å². The van der Waals surface area contributed by atoms with Crippen LogP contribution in [-0.4, -0.2) is 58.8 Å². The zero-order valence-electron chi connectivity index (χ0n) is 20.4. The molecule has 0 radical (unpaired) electrons. The Hall–Kier alpha value is -3.08. The van der Waals surface area contributed by atoms with Gasteiger partial charge in [-0.3, -0.25) is 4.90 Å². The molecule has 2 aromatic rings. The molecule has 2 aliphatic carbocycles. The van der Waals surface area contributed by atoms with E-state index in [9.17, 15) is 10.2 Å². The molecule has 0 aromatic heterocycles. The van der Waals surface area contributed by atoms with Crippen LogP contribution in [0.3, 0.4) is 0 Å². The number of phenols is 1. The molecule has 35 heavy (non-hydrogen) atoms. The van der Waals surface area contributed by atoms with Crippen LogP contribution in [0.1, 0.15) is 43.2 Å². The number of aliphatic hydroxyl groups is 1. The number of hydrogen-bond acceptors (Lipinski definition) is 4. The molecule has 1 heterocycles. The molecule has 0 unspecified atom stereocenters. The number of allylic oxidation sites excluding steroid dienone is 7. The molecule has 0 amide bonds. The Morgan fingerprint density at radius 3 is 2.37 bits per heavy atom. The highest BCUT2D eigenvalue weighted by molar-refractivity contribution is 5.98. The Morgan fingerprint density at radius 2 is 1.66 bits per heavy atom. The van der Waals surface area contributed by atoms with E-state index in [0.717, 1.165) is 61.8 Å². The van der Waals surface area contributed by atoms with Gasteiger partial charge in [0, 0.05) is 44.5 Å². The Balaban J connectivity index is 1.52. The number of benzene rings is 2. The van der Waals surface area contributed by atoms with Gasteiger partial charge < -0.3 is 15.1 Å². The molecule has 0 spiro atoms. The summed E-state index contributed by atoms with van der Waals surface area (Å²) in [4.78, 5) is 5.16. The zero-order valence-corrected chi connectivity index (χ0v) is 20.4. The largest absolute Gasteiger partial charge is 0.508 e. The number of phenolic OH excluding ortho intramolecular Hbond substituents is 1. The molecule has 182 valence electrons. The lowest BCUT2D eigenvalue weighted by molar-refractivity contribution is 0.155. The molecule has 4 nitrogen and oxygen atoms in total. The maximum Gasteiger partial charge on any atom is 0.116 e. The first-order valence-corrected chi connectivity index (χ1v) is 13.0. The molecule has 0 atom stereocenters. The standard InChI is InChI=1S/C31H36N2O2/c34-22-6-13-30(24-7-2-1-3-8-24)31(26-10-5-12-29(35)23-26)25-9-4-11-27(15-14-25)32-18-20-33(21-19-32)28-16-17-28/h1-5,7-8,10-12,14-15,23,28,34-35H,6,9,13,16-22H2/b31-30+. The van der Waals surface area contributed by atoms with Crippen LogP contribution < -0.4 is 0 Å². The molecular formula is C31H36N2O2. The Bertz CT molecular complexity index is 1130. The Morgan fingerprint density at radius 1 is 0.886 bits per heavy atom. The second kappa shape index (κ2) is 11.1. The maximum atomic E-state index is 10.3. The number of rotatable bonds is 8. The molecule has 5 rings (SSSR count). The summed E-state index contributed by atoms with van der Waals surface area (Å²) in [5.41, 5.74) is 7.05. The molecule has 1 saturated carbocycles. The summed E-state index contributed by atoms with van der Waals surface area (Å²) in [7, 11) is 0. The number of piperazine rings is 1. The number of hydrogen-bond donors (Lipinski definition) is 2. The van der Waals surface area contributed by atoms with Crippen LogP contribution in [0.15, 0.2) is 90.2 Å². The van der Waals surface area contributed by atoms with E-state index in [4.69, 9.17) is 0 Å². The summed E-state index contributed by atoms with van der Waals surface area (Å²) < 4.78 is 0. The fraction of sp³-hybridized carbons (Fsp3) is 0.355. The van der Waals surface area contributed by atoms with Gasteiger partial charge in [-0.2, -0.15) is 0 Å². The summed E-state index contributed by atoms with van der Waals surface area (Å²) in [6, 6.07) is 18.9. The average molecular weight is 469 g/mol. The quantitative estimate of drug-likeness (QED) is 0.493. The van der Waals surface area contributed by atoms with Gasteiger partial charge in [-0.1, -0.05) is 54.6 Å². The van der Waals surface area contributed by atoms with Gasteiger partial charge in [-0.25, -0.2) is 0 Å².